The molecule has 1 aliphatic rings. The highest BCUT2D eigenvalue weighted by molar-refractivity contribution is 5.81. The molecule has 0 spiro atoms. The molecule has 1 aromatic rings. The van der Waals surface area contributed by atoms with E-state index in [4.69, 9.17) is 4.74 Å². The third kappa shape index (κ3) is 3.22. The number of amides is 1. The first-order valence-electron chi connectivity index (χ1n) is 6.10. The van der Waals surface area contributed by atoms with Gasteiger partial charge in [-0.2, -0.15) is 0 Å². The Labute approximate surface area is 102 Å². The summed E-state index contributed by atoms with van der Waals surface area (Å²) in [5, 5.41) is 2.94. The quantitative estimate of drug-likeness (QED) is 0.867. The maximum Gasteiger partial charge on any atom is 0.260 e. The molecule has 1 aromatic carbocycles. The van der Waals surface area contributed by atoms with E-state index in [2.05, 4.69) is 12.2 Å². The lowest BCUT2D eigenvalue weighted by molar-refractivity contribution is -0.127. The highest BCUT2D eigenvalue weighted by Crippen LogP contribution is 2.20. The number of hydrogen-bond donors (Lipinski definition) is 1. The first-order chi connectivity index (χ1) is 8.06. The van der Waals surface area contributed by atoms with Crippen LogP contribution < -0.4 is 10.1 Å². The van der Waals surface area contributed by atoms with Crippen molar-refractivity contribution in [3.05, 3.63) is 29.3 Å². The molecule has 3 nitrogen and oxygen atoms in total. The summed E-state index contributed by atoms with van der Waals surface area (Å²) in [6, 6.07) is 6.27. The number of rotatable bonds is 4. The minimum atomic E-state index is -0.433. The van der Waals surface area contributed by atoms with Gasteiger partial charge in [-0.05, 0) is 56.9 Å². The van der Waals surface area contributed by atoms with Gasteiger partial charge in [0.2, 0.25) is 0 Å². The second-order valence-electron chi connectivity index (χ2n) is 4.79. The van der Waals surface area contributed by atoms with Crippen LogP contribution in [0.15, 0.2) is 18.2 Å². The smallest absolute Gasteiger partial charge is 0.260 e. The van der Waals surface area contributed by atoms with Crippen LogP contribution in [0.4, 0.5) is 0 Å². The Morgan fingerprint density at radius 2 is 2.06 bits per heavy atom. The van der Waals surface area contributed by atoms with Crippen molar-refractivity contribution in [2.24, 2.45) is 0 Å². The number of ether oxygens (including phenoxy) is 1. The number of nitrogens with one attached hydrogen (secondary N) is 1. The minimum Gasteiger partial charge on any atom is -0.481 e. The molecule has 1 atom stereocenters. The molecule has 1 aliphatic carbocycles. The van der Waals surface area contributed by atoms with Crippen molar-refractivity contribution in [3.63, 3.8) is 0 Å². The first-order valence-corrected chi connectivity index (χ1v) is 6.10. The summed E-state index contributed by atoms with van der Waals surface area (Å²) in [7, 11) is 0. The maximum atomic E-state index is 11.7. The molecule has 0 saturated heterocycles. The lowest BCUT2D eigenvalue weighted by Gasteiger charge is -2.15. The largest absolute Gasteiger partial charge is 0.481 e. The molecule has 0 bridgehead atoms. The average molecular weight is 233 g/mol. The Morgan fingerprint density at radius 3 is 2.65 bits per heavy atom. The van der Waals surface area contributed by atoms with Crippen LogP contribution in [0, 0.1) is 13.8 Å². The Balaban J connectivity index is 1.94. The second kappa shape index (κ2) is 4.78. The van der Waals surface area contributed by atoms with E-state index < -0.39 is 6.10 Å². The Kier molecular flexibility index (Phi) is 3.36. The minimum absolute atomic E-state index is 0.0225. The van der Waals surface area contributed by atoms with Crippen molar-refractivity contribution >= 4 is 5.91 Å². The fraction of sp³-hybridized carbons (Fsp3) is 0.500. The van der Waals surface area contributed by atoms with Crippen molar-refractivity contribution in [3.8, 4) is 5.75 Å². The van der Waals surface area contributed by atoms with Crippen LogP contribution in [0.25, 0.3) is 0 Å². The van der Waals surface area contributed by atoms with Gasteiger partial charge in [0.05, 0.1) is 0 Å². The van der Waals surface area contributed by atoms with E-state index in [0.717, 1.165) is 18.6 Å². The summed E-state index contributed by atoms with van der Waals surface area (Å²) in [5.41, 5.74) is 2.41. The number of aryl methyl sites for hydroxylation is 2. The van der Waals surface area contributed by atoms with Crippen LogP contribution in [0.3, 0.4) is 0 Å². The summed E-state index contributed by atoms with van der Waals surface area (Å²) in [5.74, 6) is 0.734. The van der Waals surface area contributed by atoms with Crippen molar-refractivity contribution in [1.29, 1.82) is 0 Å². The molecule has 17 heavy (non-hydrogen) atoms. The zero-order valence-corrected chi connectivity index (χ0v) is 10.6. The molecule has 0 aliphatic heterocycles. The third-order valence-corrected chi connectivity index (χ3v) is 3.08. The van der Waals surface area contributed by atoms with E-state index >= 15 is 0 Å². The first kappa shape index (κ1) is 12.0. The Morgan fingerprint density at radius 1 is 1.35 bits per heavy atom. The maximum absolute atomic E-state index is 11.7. The standard InChI is InChI=1S/C14H19NO2/c1-9-4-7-13(8-10(9)2)17-11(3)14(16)15-12-5-6-12/h4,7-8,11-12H,5-6H2,1-3H3,(H,15,16). The molecular formula is C14H19NO2. The number of carbonyl (C=O) groups is 1. The summed E-state index contributed by atoms with van der Waals surface area (Å²) < 4.78 is 5.63. The van der Waals surface area contributed by atoms with Crippen molar-refractivity contribution in [2.75, 3.05) is 0 Å². The molecule has 1 amide bonds. The van der Waals surface area contributed by atoms with Gasteiger partial charge in [0.1, 0.15) is 5.75 Å². The molecule has 1 unspecified atom stereocenters. The van der Waals surface area contributed by atoms with Crippen LogP contribution in [0.1, 0.15) is 30.9 Å². The van der Waals surface area contributed by atoms with Crippen molar-refractivity contribution in [2.45, 2.75) is 45.8 Å². The van der Waals surface area contributed by atoms with E-state index in [0.29, 0.717) is 6.04 Å². The van der Waals surface area contributed by atoms with Crippen molar-refractivity contribution < 1.29 is 9.53 Å². The summed E-state index contributed by atoms with van der Waals surface area (Å²) in [4.78, 5) is 11.7. The SMILES string of the molecule is Cc1ccc(OC(C)C(=O)NC2CC2)cc1C. The molecule has 0 heterocycles. The van der Waals surface area contributed by atoms with Crippen molar-refractivity contribution in [1.82, 2.24) is 5.32 Å². The fourth-order valence-electron chi connectivity index (χ4n) is 1.59. The molecule has 2 rings (SSSR count). The molecule has 3 heteroatoms. The molecular weight excluding hydrogens is 214 g/mol. The van der Waals surface area contributed by atoms with Gasteiger partial charge in [0.15, 0.2) is 6.10 Å². The van der Waals surface area contributed by atoms with Gasteiger partial charge in [-0.3, -0.25) is 4.79 Å². The Hall–Kier alpha value is -1.51. The molecule has 0 aromatic heterocycles. The lowest BCUT2D eigenvalue weighted by atomic mass is 10.1. The molecule has 1 N–H and O–H groups in total. The highest BCUT2D eigenvalue weighted by Gasteiger charge is 2.26. The predicted molar refractivity (Wildman–Crippen MR) is 67.2 cm³/mol. The zero-order chi connectivity index (χ0) is 12.4. The van der Waals surface area contributed by atoms with Crippen LogP contribution in [0.5, 0.6) is 5.75 Å². The number of hydrogen-bond acceptors (Lipinski definition) is 2. The third-order valence-electron chi connectivity index (χ3n) is 3.08. The summed E-state index contributed by atoms with van der Waals surface area (Å²) in [6.45, 7) is 5.88. The topological polar surface area (TPSA) is 38.3 Å². The average Bonchev–Trinajstić information content (AvgIpc) is 3.07. The summed E-state index contributed by atoms with van der Waals surface area (Å²) in [6.07, 6.45) is 1.77. The van der Waals surface area contributed by atoms with Gasteiger partial charge < -0.3 is 10.1 Å². The van der Waals surface area contributed by atoms with Gasteiger partial charge in [-0.1, -0.05) is 6.07 Å². The van der Waals surface area contributed by atoms with Crippen LogP contribution in [-0.2, 0) is 4.79 Å². The molecule has 0 radical (unpaired) electrons. The van der Waals surface area contributed by atoms with E-state index in [-0.39, 0.29) is 5.91 Å². The molecule has 1 fully saturated rings. The lowest BCUT2D eigenvalue weighted by Crippen LogP contribution is -2.37. The normalized spacial score (nSPS) is 16.4. The van der Waals surface area contributed by atoms with E-state index in [1.807, 2.05) is 25.1 Å². The summed E-state index contributed by atoms with van der Waals surface area (Å²) >= 11 is 0. The van der Waals surface area contributed by atoms with E-state index in [1.54, 1.807) is 6.92 Å². The van der Waals surface area contributed by atoms with Crippen LogP contribution in [0.2, 0.25) is 0 Å². The van der Waals surface area contributed by atoms with Gasteiger partial charge in [0.25, 0.3) is 5.91 Å². The van der Waals surface area contributed by atoms with Gasteiger partial charge in [-0.25, -0.2) is 0 Å². The molecule has 92 valence electrons. The Bertz CT molecular complexity index is 424. The van der Waals surface area contributed by atoms with Crippen LogP contribution in [-0.4, -0.2) is 18.1 Å². The fourth-order valence-corrected chi connectivity index (χ4v) is 1.59. The zero-order valence-electron chi connectivity index (χ0n) is 10.6. The van der Waals surface area contributed by atoms with E-state index in [9.17, 15) is 4.79 Å². The molecule has 1 saturated carbocycles. The van der Waals surface area contributed by atoms with Crippen LogP contribution >= 0.6 is 0 Å². The van der Waals surface area contributed by atoms with Gasteiger partial charge >= 0.3 is 0 Å². The predicted octanol–water partition coefficient (Wildman–Crippen LogP) is 2.35. The second-order valence-corrected chi connectivity index (χ2v) is 4.79. The van der Waals surface area contributed by atoms with Gasteiger partial charge in [0, 0.05) is 6.04 Å². The van der Waals surface area contributed by atoms with Gasteiger partial charge in [-0.15, -0.1) is 0 Å². The number of benzene rings is 1. The monoisotopic (exact) mass is 233 g/mol. The number of carbonyl (C=O) groups excluding carboxylic acids is 1. The van der Waals surface area contributed by atoms with E-state index in [1.165, 1.54) is 11.1 Å². The highest BCUT2D eigenvalue weighted by atomic mass is 16.5.